The maximum Gasteiger partial charge on any atom is 0.293 e. The Labute approximate surface area is 178 Å². The molecule has 0 bridgehead atoms. The summed E-state index contributed by atoms with van der Waals surface area (Å²) in [5.74, 6) is 2.24. The van der Waals surface area contributed by atoms with Crippen molar-refractivity contribution >= 4 is 35.8 Å². The highest BCUT2D eigenvalue weighted by molar-refractivity contribution is 14.0. The van der Waals surface area contributed by atoms with E-state index in [0.29, 0.717) is 5.82 Å². The van der Waals surface area contributed by atoms with Crippen molar-refractivity contribution < 1.29 is 4.74 Å². The van der Waals surface area contributed by atoms with Gasteiger partial charge in [0.1, 0.15) is 0 Å². The standard InChI is InChI=1S/C18H30N6O2.HI/c1-19-18(21-6-3-15-4-13-26-14-5-15)24-11-9-23(10-12-24)16-17(25)22(2)8-7-20-16;/h7-8,15H,3-6,9-14H2,1-2H3,(H,19,21);1H. The van der Waals surface area contributed by atoms with Crippen LogP contribution in [-0.2, 0) is 11.8 Å². The molecule has 2 saturated heterocycles. The first-order valence-electron chi connectivity index (χ1n) is 9.49. The van der Waals surface area contributed by atoms with Crippen LogP contribution in [0.4, 0.5) is 5.82 Å². The summed E-state index contributed by atoms with van der Waals surface area (Å²) < 4.78 is 6.99. The quantitative estimate of drug-likeness (QED) is 0.385. The number of nitrogens with zero attached hydrogens (tertiary/aromatic N) is 5. The molecule has 0 atom stereocenters. The summed E-state index contributed by atoms with van der Waals surface area (Å²) >= 11 is 0. The second-order valence-electron chi connectivity index (χ2n) is 6.96. The van der Waals surface area contributed by atoms with Gasteiger partial charge in [-0.05, 0) is 25.2 Å². The Kier molecular flexibility index (Phi) is 8.81. The molecule has 152 valence electrons. The lowest BCUT2D eigenvalue weighted by Crippen LogP contribution is -2.53. The highest BCUT2D eigenvalue weighted by Crippen LogP contribution is 2.17. The average molecular weight is 490 g/mol. The van der Waals surface area contributed by atoms with Gasteiger partial charge in [-0.3, -0.25) is 9.79 Å². The minimum atomic E-state index is -0.0417. The van der Waals surface area contributed by atoms with E-state index in [1.165, 1.54) is 0 Å². The summed E-state index contributed by atoms with van der Waals surface area (Å²) in [5, 5.41) is 3.50. The van der Waals surface area contributed by atoms with E-state index in [4.69, 9.17) is 4.74 Å². The van der Waals surface area contributed by atoms with Gasteiger partial charge in [-0.25, -0.2) is 4.98 Å². The first-order valence-corrected chi connectivity index (χ1v) is 9.49. The van der Waals surface area contributed by atoms with Crippen molar-refractivity contribution in [2.45, 2.75) is 19.3 Å². The van der Waals surface area contributed by atoms with Crippen LogP contribution in [0.5, 0.6) is 0 Å². The van der Waals surface area contributed by atoms with Gasteiger partial charge >= 0.3 is 0 Å². The van der Waals surface area contributed by atoms with Crippen LogP contribution < -0.4 is 15.8 Å². The van der Waals surface area contributed by atoms with Crippen molar-refractivity contribution in [3.63, 3.8) is 0 Å². The number of halogens is 1. The van der Waals surface area contributed by atoms with E-state index in [9.17, 15) is 4.79 Å². The van der Waals surface area contributed by atoms with Crippen LogP contribution >= 0.6 is 24.0 Å². The molecular weight excluding hydrogens is 459 g/mol. The Balaban J connectivity index is 0.00000261. The SMILES string of the molecule is CN=C(NCCC1CCOCC1)N1CCN(c2nccn(C)c2=O)CC1.I. The molecule has 1 N–H and O–H groups in total. The molecule has 0 aromatic carbocycles. The molecule has 0 saturated carbocycles. The number of aromatic nitrogens is 2. The smallest absolute Gasteiger partial charge is 0.293 e. The third-order valence-corrected chi connectivity index (χ3v) is 5.27. The van der Waals surface area contributed by atoms with Crippen molar-refractivity contribution in [1.82, 2.24) is 19.8 Å². The predicted octanol–water partition coefficient (Wildman–Crippen LogP) is 0.912. The number of rotatable bonds is 4. The molecule has 3 rings (SSSR count). The first-order chi connectivity index (χ1) is 12.7. The molecule has 0 radical (unpaired) electrons. The number of hydrogen-bond donors (Lipinski definition) is 1. The van der Waals surface area contributed by atoms with Crippen LogP contribution in [0.2, 0.25) is 0 Å². The highest BCUT2D eigenvalue weighted by atomic mass is 127. The molecule has 2 aliphatic heterocycles. The van der Waals surface area contributed by atoms with E-state index in [2.05, 4.69) is 25.1 Å². The third kappa shape index (κ3) is 5.81. The molecule has 2 aliphatic rings. The van der Waals surface area contributed by atoms with Crippen LogP contribution in [0, 0.1) is 5.92 Å². The van der Waals surface area contributed by atoms with E-state index in [0.717, 1.165) is 77.1 Å². The predicted molar refractivity (Wildman–Crippen MR) is 118 cm³/mol. The maximum atomic E-state index is 12.2. The molecule has 27 heavy (non-hydrogen) atoms. The summed E-state index contributed by atoms with van der Waals surface area (Å²) in [7, 11) is 3.59. The molecule has 9 heteroatoms. The van der Waals surface area contributed by atoms with Crippen LogP contribution in [0.1, 0.15) is 19.3 Å². The molecular formula is C18H31IN6O2. The zero-order valence-corrected chi connectivity index (χ0v) is 18.6. The van der Waals surface area contributed by atoms with Gasteiger partial charge in [-0.1, -0.05) is 0 Å². The first kappa shape index (κ1) is 21.9. The van der Waals surface area contributed by atoms with Crippen molar-refractivity contribution in [2.24, 2.45) is 18.0 Å². The van der Waals surface area contributed by atoms with Crippen LogP contribution in [0.3, 0.4) is 0 Å². The third-order valence-electron chi connectivity index (χ3n) is 5.27. The van der Waals surface area contributed by atoms with Crippen LogP contribution in [-0.4, -0.2) is 73.4 Å². The van der Waals surface area contributed by atoms with Crippen molar-refractivity contribution in [1.29, 1.82) is 0 Å². The molecule has 0 aliphatic carbocycles. The monoisotopic (exact) mass is 490 g/mol. The molecule has 1 aromatic heterocycles. The fraction of sp³-hybridized carbons (Fsp3) is 0.722. The summed E-state index contributed by atoms with van der Waals surface area (Å²) in [4.78, 5) is 25.3. The van der Waals surface area contributed by atoms with Gasteiger partial charge in [-0.2, -0.15) is 0 Å². The zero-order valence-electron chi connectivity index (χ0n) is 16.3. The van der Waals surface area contributed by atoms with E-state index in [-0.39, 0.29) is 29.5 Å². The van der Waals surface area contributed by atoms with Crippen molar-refractivity contribution in [2.75, 3.05) is 57.9 Å². The topological polar surface area (TPSA) is 75.0 Å². The van der Waals surface area contributed by atoms with Crippen LogP contribution in [0.25, 0.3) is 0 Å². The van der Waals surface area contributed by atoms with Gasteiger partial charge in [0.05, 0.1) is 0 Å². The van der Waals surface area contributed by atoms with Gasteiger partial charge in [0.25, 0.3) is 5.56 Å². The van der Waals surface area contributed by atoms with Gasteiger partial charge in [-0.15, -0.1) is 24.0 Å². The number of aryl methyl sites for hydroxylation is 1. The normalized spacial score (nSPS) is 19.0. The second-order valence-corrected chi connectivity index (χ2v) is 6.96. The molecule has 1 aromatic rings. The van der Waals surface area contributed by atoms with E-state index >= 15 is 0 Å². The summed E-state index contributed by atoms with van der Waals surface area (Å²) in [6, 6.07) is 0. The Morgan fingerprint density at radius 2 is 2.00 bits per heavy atom. The van der Waals surface area contributed by atoms with E-state index < -0.39 is 0 Å². The number of ether oxygens (including phenoxy) is 1. The lowest BCUT2D eigenvalue weighted by atomic mass is 9.97. The summed E-state index contributed by atoms with van der Waals surface area (Å²) in [6.07, 6.45) is 6.86. The fourth-order valence-corrected chi connectivity index (χ4v) is 3.59. The average Bonchev–Trinajstić information content (AvgIpc) is 2.69. The van der Waals surface area contributed by atoms with Gasteiger partial charge in [0.2, 0.25) is 0 Å². The number of guanidine groups is 1. The molecule has 3 heterocycles. The largest absolute Gasteiger partial charge is 0.381 e. The lowest BCUT2D eigenvalue weighted by molar-refractivity contribution is 0.0642. The van der Waals surface area contributed by atoms with E-state index in [1.807, 2.05) is 7.05 Å². The molecule has 0 amide bonds. The molecule has 2 fully saturated rings. The Morgan fingerprint density at radius 1 is 1.30 bits per heavy atom. The van der Waals surface area contributed by atoms with Crippen LogP contribution in [0.15, 0.2) is 22.2 Å². The minimum Gasteiger partial charge on any atom is -0.381 e. The minimum absolute atomic E-state index is 0. The fourth-order valence-electron chi connectivity index (χ4n) is 3.59. The molecule has 0 spiro atoms. The summed E-state index contributed by atoms with van der Waals surface area (Å²) in [5.41, 5.74) is -0.0417. The molecule has 0 unspecified atom stereocenters. The zero-order chi connectivity index (χ0) is 18.4. The number of aliphatic imine (C=N–C) groups is 1. The van der Waals surface area contributed by atoms with Gasteiger partial charge in [0.15, 0.2) is 11.8 Å². The number of hydrogen-bond acceptors (Lipinski definition) is 5. The second kappa shape index (κ2) is 10.8. The Bertz CT molecular complexity index is 666. The Morgan fingerprint density at radius 3 is 2.67 bits per heavy atom. The number of piperazine rings is 1. The van der Waals surface area contributed by atoms with Crippen molar-refractivity contribution in [3.05, 3.63) is 22.7 Å². The van der Waals surface area contributed by atoms with Gasteiger partial charge in [0, 0.05) is 72.4 Å². The van der Waals surface area contributed by atoms with Gasteiger partial charge < -0.3 is 24.4 Å². The molecule has 8 nitrogen and oxygen atoms in total. The summed E-state index contributed by atoms with van der Waals surface area (Å²) in [6.45, 7) is 5.94. The van der Waals surface area contributed by atoms with E-state index in [1.54, 1.807) is 24.0 Å². The Hall–Kier alpha value is -1.36. The lowest BCUT2D eigenvalue weighted by Gasteiger charge is -2.36. The maximum absolute atomic E-state index is 12.2. The highest BCUT2D eigenvalue weighted by Gasteiger charge is 2.22. The van der Waals surface area contributed by atoms with Crippen molar-refractivity contribution in [3.8, 4) is 0 Å². The number of anilines is 1. The number of nitrogens with one attached hydrogen (secondary N) is 1.